The number of nitrogens with zero attached hydrogens (tertiary/aromatic N) is 1. The molecule has 0 radical (unpaired) electrons. The van der Waals surface area contributed by atoms with E-state index in [-0.39, 0.29) is 17.8 Å². The number of carbonyl (C=O) groups excluding carboxylic acids is 2. The molecule has 0 bridgehead atoms. The van der Waals surface area contributed by atoms with Crippen LogP contribution in [0.5, 0.6) is 0 Å². The van der Waals surface area contributed by atoms with Gasteiger partial charge in [-0.25, -0.2) is 0 Å². The van der Waals surface area contributed by atoms with Crippen LogP contribution in [-0.2, 0) is 9.53 Å². The Morgan fingerprint density at radius 2 is 2.17 bits per heavy atom. The Morgan fingerprint density at radius 1 is 1.44 bits per heavy atom. The van der Waals surface area contributed by atoms with Crippen LogP contribution >= 0.6 is 0 Å². The SMILES string of the molecule is CCOC(=O)C1CCN(C(=O)c2ccoc2)CC1. The van der Waals surface area contributed by atoms with E-state index >= 15 is 0 Å². The second-order valence-electron chi connectivity index (χ2n) is 4.33. The molecule has 1 aromatic heterocycles. The zero-order valence-electron chi connectivity index (χ0n) is 10.4. The molecular weight excluding hydrogens is 234 g/mol. The lowest BCUT2D eigenvalue weighted by molar-refractivity contribution is -0.149. The fraction of sp³-hybridized carbons (Fsp3) is 0.538. The van der Waals surface area contributed by atoms with E-state index in [1.807, 2.05) is 0 Å². The molecule has 1 saturated heterocycles. The minimum atomic E-state index is -0.145. The molecule has 5 heteroatoms. The van der Waals surface area contributed by atoms with Crippen molar-refractivity contribution in [1.82, 2.24) is 4.90 Å². The molecule has 0 saturated carbocycles. The summed E-state index contributed by atoms with van der Waals surface area (Å²) < 4.78 is 9.89. The van der Waals surface area contributed by atoms with Gasteiger partial charge in [0.2, 0.25) is 0 Å². The highest BCUT2D eigenvalue weighted by atomic mass is 16.5. The molecule has 18 heavy (non-hydrogen) atoms. The molecule has 0 unspecified atom stereocenters. The van der Waals surface area contributed by atoms with Crippen LogP contribution < -0.4 is 0 Å². The average molecular weight is 251 g/mol. The van der Waals surface area contributed by atoms with Gasteiger partial charge in [0.15, 0.2) is 0 Å². The van der Waals surface area contributed by atoms with Gasteiger partial charge in [-0.05, 0) is 25.8 Å². The number of likely N-dealkylation sites (tertiary alicyclic amines) is 1. The molecule has 0 atom stereocenters. The number of furan rings is 1. The van der Waals surface area contributed by atoms with Crippen molar-refractivity contribution in [2.75, 3.05) is 19.7 Å². The Kier molecular flexibility index (Phi) is 4.02. The first kappa shape index (κ1) is 12.7. The van der Waals surface area contributed by atoms with Gasteiger partial charge < -0.3 is 14.1 Å². The summed E-state index contributed by atoms with van der Waals surface area (Å²) in [4.78, 5) is 25.3. The highest BCUT2D eigenvalue weighted by Crippen LogP contribution is 2.20. The molecule has 0 spiro atoms. The first-order chi connectivity index (χ1) is 8.72. The van der Waals surface area contributed by atoms with Crippen molar-refractivity contribution >= 4 is 11.9 Å². The smallest absolute Gasteiger partial charge is 0.309 e. The monoisotopic (exact) mass is 251 g/mol. The van der Waals surface area contributed by atoms with Crippen LogP contribution in [-0.4, -0.2) is 36.5 Å². The Balaban J connectivity index is 1.87. The summed E-state index contributed by atoms with van der Waals surface area (Å²) in [6, 6.07) is 1.65. The van der Waals surface area contributed by atoms with Crippen molar-refractivity contribution in [3.05, 3.63) is 24.2 Å². The maximum absolute atomic E-state index is 12.0. The van der Waals surface area contributed by atoms with Crippen LogP contribution in [0.4, 0.5) is 0 Å². The summed E-state index contributed by atoms with van der Waals surface area (Å²) in [5.41, 5.74) is 0.560. The first-order valence-corrected chi connectivity index (χ1v) is 6.20. The van der Waals surface area contributed by atoms with E-state index in [1.165, 1.54) is 12.5 Å². The second-order valence-corrected chi connectivity index (χ2v) is 4.33. The van der Waals surface area contributed by atoms with Crippen molar-refractivity contribution in [3.8, 4) is 0 Å². The number of carbonyl (C=O) groups is 2. The van der Waals surface area contributed by atoms with Crippen molar-refractivity contribution in [1.29, 1.82) is 0 Å². The number of hydrogen-bond acceptors (Lipinski definition) is 4. The largest absolute Gasteiger partial charge is 0.472 e. The molecule has 1 aromatic rings. The van der Waals surface area contributed by atoms with Crippen molar-refractivity contribution < 1.29 is 18.7 Å². The van der Waals surface area contributed by atoms with E-state index < -0.39 is 0 Å². The standard InChI is InChI=1S/C13H17NO4/c1-2-18-13(16)10-3-6-14(7-4-10)12(15)11-5-8-17-9-11/h5,8-10H,2-4,6-7H2,1H3. The van der Waals surface area contributed by atoms with Crippen LogP contribution in [0.1, 0.15) is 30.1 Å². The van der Waals surface area contributed by atoms with E-state index in [0.29, 0.717) is 38.1 Å². The maximum Gasteiger partial charge on any atom is 0.309 e. The second kappa shape index (κ2) is 5.71. The van der Waals surface area contributed by atoms with Gasteiger partial charge in [-0.3, -0.25) is 9.59 Å². The molecule has 1 aliphatic heterocycles. The van der Waals surface area contributed by atoms with Crippen LogP contribution in [0, 0.1) is 5.92 Å². The summed E-state index contributed by atoms with van der Waals surface area (Å²) >= 11 is 0. The van der Waals surface area contributed by atoms with Crippen molar-refractivity contribution in [3.63, 3.8) is 0 Å². The fourth-order valence-corrected chi connectivity index (χ4v) is 2.15. The number of ether oxygens (including phenoxy) is 1. The Morgan fingerprint density at radius 3 is 2.72 bits per heavy atom. The van der Waals surface area contributed by atoms with E-state index in [1.54, 1.807) is 17.9 Å². The lowest BCUT2D eigenvalue weighted by Crippen LogP contribution is -2.40. The van der Waals surface area contributed by atoms with Gasteiger partial charge in [0.1, 0.15) is 6.26 Å². The third-order valence-corrected chi connectivity index (χ3v) is 3.17. The fourth-order valence-electron chi connectivity index (χ4n) is 2.15. The molecule has 0 aromatic carbocycles. The minimum Gasteiger partial charge on any atom is -0.472 e. The summed E-state index contributed by atoms with van der Waals surface area (Å²) in [6.45, 7) is 3.39. The summed E-state index contributed by atoms with van der Waals surface area (Å²) in [6.07, 6.45) is 4.27. The van der Waals surface area contributed by atoms with E-state index in [4.69, 9.17) is 9.15 Å². The highest BCUT2D eigenvalue weighted by Gasteiger charge is 2.28. The van der Waals surface area contributed by atoms with Crippen molar-refractivity contribution in [2.24, 2.45) is 5.92 Å². The Hall–Kier alpha value is -1.78. The minimum absolute atomic E-state index is 0.0361. The summed E-state index contributed by atoms with van der Waals surface area (Å²) in [5.74, 6) is -0.252. The third kappa shape index (κ3) is 2.72. The lowest BCUT2D eigenvalue weighted by Gasteiger charge is -2.30. The van der Waals surface area contributed by atoms with Gasteiger partial charge in [0, 0.05) is 13.1 Å². The molecule has 98 valence electrons. The van der Waals surface area contributed by atoms with Crippen LogP contribution in [0.2, 0.25) is 0 Å². The topological polar surface area (TPSA) is 59.8 Å². The predicted octanol–water partition coefficient (Wildman–Crippen LogP) is 1.69. The molecule has 0 N–H and O–H groups in total. The third-order valence-electron chi connectivity index (χ3n) is 3.17. The zero-order chi connectivity index (χ0) is 13.0. The van der Waals surface area contributed by atoms with E-state index in [9.17, 15) is 9.59 Å². The summed E-state index contributed by atoms with van der Waals surface area (Å²) in [5, 5.41) is 0. The number of amides is 1. The van der Waals surface area contributed by atoms with Gasteiger partial charge in [-0.15, -0.1) is 0 Å². The molecule has 1 aliphatic rings. The van der Waals surface area contributed by atoms with Crippen LogP contribution in [0.25, 0.3) is 0 Å². The molecule has 1 fully saturated rings. The maximum atomic E-state index is 12.0. The molecular formula is C13H17NO4. The molecule has 0 aliphatic carbocycles. The highest BCUT2D eigenvalue weighted by molar-refractivity contribution is 5.94. The van der Waals surface area contributed by atoms with Gasteiger partial charge in [0.25, 0.3) is 5.91 Å². The first-order valence-electron chi connectivity index (χ1n) is 6.20. The Bertz CT molecular complexity index is 405. The van der Waals surface area contributed by atoms with Crippen LogP contribution in [0.15, 0.2) is 23.0 Å². The van der Waals surface area contributed by atoms with Gasteiger partial charge >= 0.3 is 5.97 Å². The number of esters is 1. The molecule has 1 amide bonds. The number of rotatable bonds is 3. The molecule has 2 rings (SSSR count). The van der Waals surface area contributed by atoms with Gasteiger partial charge in [0.05, 0.1) is 24.4 Å². The van der Waals surface area contributed by atoms with E-state index in [0.717, 1.165) is 0 Å². The molecule has 2 heterocycles. The average Bonchev–Trinajstić information content (AvgIpc) is 2.92. The van der Waals surface area contributed by atoms with Gasteiger partial charge in [-0.2, -0.15) is 0 Å². The molecule has 5 nitrogen and oxygen atoms in total. The summed E-state index contributed by atoms with van der Waals surface area (Å²) in [7, 11) is 0. The zero-order valence-corrected chi connectivity index (χ0v) is 10.4. The van der Waals surface area contributed by atoms with E-state index in [2.05, 4.69) is 0 Å². The quantitative estimate of drug-likeness (QED) is 0.767. The Labute approximate surface area is 106 Å². The predicted molar refractivity (Wildman–Crippen MR) is 64.0 cm³/mol. The van der Waals surface area contributed by atoms with Crippen LogP contribution in [0.3, 0.4) is 0 Å². The number of hydrogen-bond donors (Lipinski definition) is 0. The normalized spacial score (nSPS) is 16.6. The number of piperidine rings is 1. The van der Waals surface area contributed by atoms with Crippen molar-refractivity contribution in [2.45, 2.75) is 19.8 Å². The lowest BCUT2D eigenvalue weighted by atomic mass is 9.96. The van der Waals surface area contributed by atoms with Gasteiger partial charge in [-0.1, -0.05) is 0 Å².